The molecular formula is C20H18N4. The molecule has 2 aromatic carbocycles. The molecular weight excluding hydrogens is 296 g/mol. The fourth-order valence-electron chi connectivity index (χ4n) is 2.24. The first-order valence-corrected chi connectivity index (χ1v) is 7.68. The van der Waals surface area contributed by atoms with Gasteiger partial charge in [-0.15, -0.1) is 0 Å². The van der Waals surface area contributed by atoms with Crippen molar-refractivity contribution in [2.24, 2.45) is 0 Å². The Kier molecular flexibility index (Phi) is 5.35. The smallest absolute Gasteiger partial charge is 0.115 e. The van der Waals surface area contributed by atoms with Crippen LogP contribution in [0.3, 0.4) is 0 Å². The fourth-order valence-corrected chi connectivity index (χ4v) is 2.24. The van der Waals surface area contributed by atoms with Crippen LogP contribution in [-0.2, 0) is 0 Å². The molecule has 24 heavy (non-hydrogen) atoms. The zero-order valence-electron chi connectivity index (χ0n) is 13.1. The largest absolute Gasteiger partial charge is 0.361 e. The number of rotatable bonds is 0. The summed E-state index contributed by atoms with van der Waals surface area (Å²) in [5, 5.41) is 2.55. The van der Waals surface area contributed by atoms with Gasteiger partial charge < -0.3 is 9.97 Å². The van der Waals surface area contributed by atoms with E-state index in [4.69, 9.17) is 0 Å². The van der Waals surface area contributed by atoms with Gasteiger partial charge in [0.15, 0.2) is 0 Å². The van der Waals surface area contributed by atoms with E-state index in [0.29, 0.717) is 0 Å². The van der Waals surface area contributed by atoms with Crippen LogP contribution in [0.1, 0.15) is 0 Å². The summed E-state index contributed by atoms with van der Waals surface area (Å²) in [7, 11) is 0. The predicted molar refractivity (Wildman–Crippen MR) is 98.6 cm³/mol. The first-order valence-electron chi connectivity index (χ1n) is 7.68. The van der Waals surface area contributed by atoms with Gasteiger partial charge in [0.25, 0.3) is 0 Å². The number of benzene rings is 2. The third-order valence-electron chi connectivity index (χ3n) is 3.40. The van der Waals surface area contributed by atoms with Crippen LogP contribution in [-0.4, -0.2) is 19.9 Å². The summed E-state index contributed by atoms with van der Waals surface area (Å²) in [5.74, 6) is 0. The zero-order chi connectivity index (χ0) is 16.5. The third kappa shape index (κ3) is 4.30. The number of nitrogens with zero attached hydrogens (tertiary/aromatic N) is 2. The molecule has 5 aromatic rings. The summed E-state index contributed by atoms with van der Waals surface area (Å²) >= 11 is 0. The van der Waals surface area contributed by atoms with Gasteiger partial charge in [0.1, 0.15) is 6.33 Å². The van der Waals surface area contributed by atoms with Crippen molar-refractivity contribution < 1.29 is 0 Å². The fraction of sp³-hybridized carbons (Fsp3) is 0. The molecule has 0 radical (unpaired) electrons. The van der Waals surface area contributed by atoms with E-state index in [1.807, 2.05) is 36.7 Å². The Morgan fingerprint density at radius 2 is 1.04 bits per heavy atom. The number of hydrogen-bond acceptors (Lipinski definition) is 2. The zero-order valence-corrected chi connectivity index (χ0v) is 13.1. The van der Waals surface area contributed by atoms with Gasteiger partial charge in [-0.25, -0.2) is 9.97 Å². The Morgan fingerprint density at radius 3 is 1.42 bits per heavy atom. The number of fused-ring (bicyclic) bond motifs is 2. The summed E-state index contributed by atoms with van der Waals surface area (Å²) in [4.78, 5) is 13.6. The molecule has 0 spiro atoms. The molecule has 0 aliphatic rings. The van der Waals surface area contributed by atoms with Gasteiger partial charge in [-0.3, -0.25) is 0 Å². The van der Waals surface area contributed by atoms with Gasteiger partial charge in [-0.1, -0.05) is 36.4 Å². The van der Waals surface area contributed by atoms with E-state index < -0.39 is 0 Å². The van der Waals surface area contributed by atoms with E-state index in [9.17, 15) is 0 Å². The number of hydrogen-bond donors (Lipinski definition) is 2. The van der Waals surface area contributed by atoms with Crippen molar-refractivity contribution in [1.82, 2.24) is 19.9 Å². The van der Waals surface area contributed by atoms with Crippen LogP contribution in [0.4, 0.5) is 0 Å². The highest BCUT2D eigenvalue weighted by Gasteiger charge is 1.87. The molecule has 0 aliphatic carbocycles. The van der Waals surface area contributed by atoms with Crippen molar-refractivity contribution in [2.75, 3.05) is 0 Å². The van der Waals surface area contributed by atoms with E-state index in [0.717, 1.165) is 0 Å². The summed E-state index contributed by atoms with van der Waals surface area (Å²) in [6, 6.07) is 22.3. The highest BCUT2D eigenvalue weighted by Crippen LogP contribution is 2.09. The van der Waals surface area contributed by atoms with Crippen LogP contribution in [0.5, 0.6) is 0 Å². The van der Waals surface area contributed by atoms with Gasteiger partial charge in [-0.05, 0) is 41.1 Å². The average molecular weight is 314 g/mol. The summed E-state index contributed by atoms with van der Waals surface area (Å²) in [6.45, 7) is 0. The van der Waals surface area contributed by atoms with E-state index in [1.165, 1.54) is 28.1 Å². The topological polar surface area (TPSA) is 57.4 Å². The summed E-state index contributed by atoms with van der Waals surface area (Å²) < 4.78 is 0. The minimum absolute atomic E-state index is 1.21. The Labute approximate surface area is 140 Å². The van der Waals surface area contributed by atoms with Crippen molar-refractivity contribution in [2.45, 2.75) is 0 Å². The number of aromatic amines is 2. The van der Waals surface area contributed by atoms with E-state index >= 15 is 0 Å². The standard InChI is InChI=1S/2C8H7N.C4H4N2/c2*1-2-4-8-7(3-1)5-6-9-8;1-2-5-4-6-3-1/h2*1-6,9H;1-4H. The molecule has 4 nitrogen and oxygen atoms in total. The molecule has 3 aromatic heterocycles. The highest BCUT2D eigenvalue weighted by atomic mass is 14.8. The molecule has 0 saturated carbocycles. The molecule has 0 unspecified atom stereocenters. The van der Waals surface area contributed by atoms with Crippen molar-refractivity contribution in [1.29, 1.82) is 0 Å². The molecule has 0 aliphatic heterocycles. The lowest BCUT2D eigenvalue weighted by Crippen LogP contribution is -1.66. The molecule has 3 heterocycles. The average Bonchev–Trinajstić information content (AvgIpc) is 3.33. The van der Waals surface area contributed by atoms with Crippen LogP contribution >= 0.6 is 0 Å². The molecule has 4 heteroatoms. The lowest BCUT2D eigenvalue weighted by Gasteiger charge is -1.83. The first-order chi connectivity index (χ1) is 11.9. The number of aromatic nitrogens is 4. The van der Waals surface area contributed by atoms with Crippen LogP contribution in [0.15, 0.2) is 97.8 Å². The van der Waals surface area contributed by atoms with Gasteiger partial charge >= 0.3 is 0 Å². The molecule has 5 rings (SSSR count). The van der Waals surface area contributed by atoms with Crippen molar-refractivity contribution >= 4 is 21.8 Å². The molecule has 118 valence electrons. The minimum atomic E-state index is 1.21. The van der Waals surface area contributed by atoms with E-state index in [-0.39, 0.29) is 0 Å². The maximum absolute atomic E-state index is 3.67. The monoisotopic (exact) mass is 314 g/mol. The van der Waals surface area contributed by atoms with Crippen LogP contribution in [0.25, 0.3) is 21.8 Å². The van der Waals surface area contributed by atoms with Gasteiger partial charge in [-0.2, -0.15) is 0 Å². The molecule has 0 bridgehead atoms. The Bertz CT molecular complexity index is 817. The van der Waals surface area contributed by atoms with Gasteiger partial charge in [0.05, 0.1) is 0 Å². The quantitative estimate of drug-likeness (QED) is 0.431. The van der Waals surface area contributed by atoms with E-state index in [1.54, 1.807) is 18.5 Å². The Hall–Kier alpha value is -3.40. The molecule has 0 fully saturated rings. The van der Waals surface area contributed by atoms with Gasteiger partial charge in [0.2, 0.25) is 0 Å². The second-order valence-electron chi connectivity index (χ2n) is 5.03. The Balaban J connectivity index is 0.000000108. The molecule has 0 atom stereocenters. The minimum Gasteiger partial charge on any atom is -0.361 e. The van der Waals surface area contributed by atoms with E-state index in [2.05, 4.69) is 56.3 Å². The van der Waals surface area contributed by atoms with Crippen molar-refractivity contribution in [3.8, 4) is 0 Å². The Morgan fingerprint density at radius 1 is 0.542 bits per heavy atom. The lowest BCUT2D eigenvalue weighted by atomic mass is 10.3. The predicted octanol–water partition coefficient (Wildman–Crippen LogP) is 4.81. The molecule has 0 amide bonds. The normalized spacial score (nSPS) is 9.67. The summed E-state index contributed by atoms with van der Waals surface area (Å²) in [6.07, 6.45) is 8.77. The van der Waals surface area contributed by atoms with Crippen LogP contribution in [0, 0.1) is 0 Å². The molecule has 2 N–H and O–H groups in total. The second kappa shape index (κ2) is 8.29. The third-order valence-corrected chi connectivity index (χ3v) is 3.40. The van der Waals surface area contributed by atoms with Crippen LogP contribution in [0.2, 0.25) is 0 Å². The number of para-hydroxylation sites is 2. The number of H-pyrrole nitrogens is 2. The van der Waals surface area contributed by atoms with Gasteiger partial charge in [0, 0.05) is 35.8 Å². The number of nitrogens with one attached hydrogen (secondary N) is 2. The summed E-state index contributed by atoms with van der Waals surface area (Å²) in [5.41, 5.74) is 2.41. The highest BCUT2D eigenvalue weighted by molar-refractivity contribution is 5.79. The van der Waals surface area contributed by atoms with Crippen LogP contribution < -0.4 is 0 Å². The van der Waals surface area contributed by atoms with Crippen molar-refractivity contribution in [3.05, 3.63) is 97.8 Å². The maximum Gasteiger partial charge on any atom is 0.115 e. The SMILES string of the molecule is c1ccc2[nH]ccc2c1.c1ccc2[nH]ccc2c1.c1cncnc1. The van der Waals surface area contributed by atoms with Crippen molar-refractivity contribution in [3.63, 3.8) is 0 Å². The maximum atomic E-state index is 3.67. The first kappa shape index (κ1) is 15.5. The second-order valence-corrected chi connectivity index (χ2v) is 5.03. The molecule has 0 saturated heterocycles. The lowest BCUT2D eigenvalue weighted by molar-refractivity contribution is 1.17.